The lowest BCUT2D eigenvalue weighted by Gasteiger charge is -2.29. The maximum atomic E-state index is 13.3. The molecule has 2 aromatic carbocycles. The summed E-state index contributed by atoms with van der Waals surface area (Å²) in [5, 5.41) is 20.9. The fourth-order valence-electron chi connectivity index (χ4n) is 4.07. The van der Waals surface area contributed by atoms with E-state index in [1.807, 2.05) is 44.2 Å². The molecule has 1 amide bonds. The highest BCUT2D eigenvalue weighted by atomic mass is 16.5. The zero-order valence-corrected chi connectivity index (χ0v) is 19.9. The van der Waals surface area contributed by atoms with E-state index in [1.165, 1.54) is 17.0 Å². The molecule has 1 aliphatic heterocycles. The molecule has 0 saturated heterocycles. The van der Waals surface area contributed by atoms with Gasteiger partial charge < -0.3 is 24.7 Å². The Morgan fingerprint density at radius 3 is 2.44 bits per heavy atom. The Morgan fingerprint density at radius 2 is 1.79 bits per heavy atom. The smallest absolute Gasteiger partial charge is 0.290 e. The molecule has 3 rings (SSSR count). The van der Waals surface area contributed by atoms with Crippen LogP contribution in [0.15, 0.2) is 65.9 Å². The molecule has 34 heavy (non-hydrogen) atoms. The molecule has 0 saturated carbocycles. The lowest BCUT2D eigenvalue weighted by Crippen LogP contribution is -2.38. The Bertz CT molecular complexity index is 1070. The number of likely N-dealkylation sites (N-methyl/N-ethyl adjacent to an activating group) is 1. The van der Waals surface area contributed by atoms with Gasteiger partial charge in [-0.25, -0.2) is 0 Å². The number of aromatic hydroxyl groups is 1. The number of hydrogen-bond acceptors (Lipinski definition) is 6. The SMILES string of the molecule is CCOc1cc(C2C(C(=O)/C=C/c3ccccc3)=C(O)C(=O)N2CCN(CC)CC)ccc1O. The Morgan fingerprint density at radius 1 is 1.09 bits per heavy atom. The van der Waals surface area contributed by atoms with E-state index in [4.69, 9.17) is 4.74 Å². The van der Waals surface area contributed by atoms with Gasteiger partial charge in [0.25, 0.3) is 5.91 Å². The van der Waals surface area contributed by atoms with E-state index < -0.39 is 23.5 Å². The van der Waals surface area contributed by atoms with Crippen molar-refractivity contribution in [2.45, 2.75) is 26.8 Å². The van der Waals surface area contributed by atoms with Crippen LogP contribution in [0.25, 0.3) is 6.08 Å². The molecule has 0 aliphatic carbocycles. The van der Waals surface area contributed by atoms with Crippen molar-refractivity contribution in [2.75, 3.05) is 32.8 Å². The number of aliphatic hydroxyl groups is 1. The van der Waals surface area contributed by atoms with Crippen molar-refractivity contribution in [1.82, 2.24) is 9.80 Å². The van der Waals surface area contributed by atoms with E-state index in [2.05, 4.69) is 4.90 Å². The molecule has 1 aliphatic rings. The molecule has 0 radical (unpaired) electrons. The molecular weight excluding hydrogens is 432 g/mol. The highest BCUT2D eigenvalue weighted by Gasteiger charge is 2.43. The number of allylic oxidation sites excluding steroid dienone is 1. The summed E-state index contributed by atoms with van der Waals surface area (Å²) in [6.07, 6.45) is 3.03. The van der Waals surface area contributed by atoms with Crippen LogP contribution in [-0.2, 0) is 9.59 Å². The van der Waals surface area contributed by atoms with E-state index in [9.17, 15) is 19.8 Å². The van der Waals surface area contributed by atoms with Gasteiger partial charge in [-0.2, -0.15) is 0 Å². The van der Waals surface area contributed by atoms with Crippen molar-refractivity contribution in [3.8, 4) is 11.5 Å². The Balaban J connectivity index is 2.01. The number of carbonyl (C=O) groups is 2. The summed E-state index contributed by atoms with van der Waals surface area (Å²) in [6, 6.07) is 13.3. The normalized spacial score (nSPS) is 16.2. The van der Waals surface area contributed by atoms with Gasteiger partial charge in [0, 0.05) is 13.1 Å². The van der Waals surface area contributed by atoms with E-state index in [1.54, 1.807) is 25.1 Å². The van der Waals surface area contributed by atoms with Crippen LogP contribution >= 0.6 is 0 Å². The largest absolute Gasteiger partial charge is 0.504 e. The number of carbonyl (C=O) groups excluding carboxylic acids is 2. The minimum atomic E-state index is -0.796. The first kappa shape index (κ1) is 25.1. The average molecular weight is 465 g/mol. The molecule has 7 nitrogen and oxygen atoms in total. The number of phenols is 1. The molecule has 0 aromatic heterocycles. The van der Waals surface area contributed by atoms with E-state index >= 15 is 0 Å². The van der Waals surface area contributed by atoms with Crippen molar-refractivity contribution in [3.05, 3.63) is 77.1 Å². The fourth-order valence-corrected chi connectivity index (χ4v) is 4.07. The van der Waals surface area contributed by atoms with Crippen LogP contribution in [0, 0.1) is 0 Å². The summed E-state index contributed by atoms with van der Waals surface area (Å²) in [5.74, 6) is -1.35. The molecule has 2 aromatic rings. The first-order valence-corrected chi connectivity index (χ1v) is 11.6. The van der Waals surface area contributed by atoms with Crippen molar-refractivity contribution >= 4 is 17.8 Å². The van der Waals surface area contributed by atoms with Crippen LogP contribution in [0.1, 0.15) is 37.9 Å². The summed E-state index contributed by atoms with van der Waals surface area (Å²) >= 11 is 0. The molecule has 1 atom stereocenters. The maximum Gasteiger partial charge on any atom is 0.290 e. The van der Waals surface area contributed by atoms with Crippen LogP contribution in [0.2, 0.25) is 0 Å². The van der Waals surface area contributed by atoms with Gasteiger partial charge in [-0.05, 0) is 49.3 Å². The monoisotopic (exact) mass is 464 g/mol. The van der Waals surface area contributed by atoms with Crippen molar-refractivity contribution in [1.29, 1.82) is 0 Å². The zero-order valence-electron chi connectivity index (χ0n) is 19.9. The van der Waals surface area contributed by atoms with Gasteiger partial charge >= 0.3 is 0 Å². The molecular formula is C27H32N2O5. The predicted molar refractivity (Wildman–Crippen MR) is 132 cm³/mol. The summed E-state index contributed by atoms with van der Waals surface area (Å²) in [4.78, 5) is 30.0. The summed E-state index contributed by atoms with van der Waals surface area (Å²) in [7, 11) is 0. The summed E-state index contributed by atoms with van der Waals surface area (Å²) in [5.41, 5.74) is 1.43. The standard InChI is InChI=1S/C27H32N2O5/c1-4-28(5-2)16-17-29-25(20-13-15-21(30)23(18-20)34-6-3)24(26(32)27(29)33)22(31)14-12-19-10-8-7-9-11-19/h7-15,18,25,30,32H,4-6,16-17H2,1-3H3/b14-12+. The fraction of sp³-hybridized carbons (Fsp3) is 0.333. The van der Waals surface area contributed by atoms with Gasteiger partial charge in [0.15, 0.2) is 23.0 Å². The minimum absolute atomic E-state index is 0.0184. The number of ketones is 1. The van der Waals surface area contributed by atoms with Crippen LogP contribution < -0.4 is 4.74 Å². The van der Waals surface area contributed by atoms with E-state index in [0.717, 1.165) is 18.7 Å². The lowest BCUT2D eigenvalue weighted by molar-refractivity contribution is -0.129. The second kappa shape index (κ2) is 11.5. The van der Waals surface area contributed by atoms with Gasteiger partial charge in [0.05, 0.1) is 18.2 Å². The number of hydrogen-bond donors (Lipinski definition) is 2. The topological polar surface area (TPSA) is 90.3 Å². The summed E-state index contributed by atoms with van der Waals surface area (Å²) < 4.78 is 5.52. The van der Waals surface area contributed by atoms with Gasteiger partial charge in [0.2, 0.25) is 0 Å². The first-order valence-electron chi connectivity index (χ1n) is 11.6. The molecule has 7 heteroatoms. The molecule has 0 bridgehead atoms. The quantitative estimate of drug-likeness (QED) is 0.487. The number of phenolic OH excluding ortho intramolecular Hbond substituents is 1. The molecule has 2 N–H and O–H groups in total. The Hall–Kier alpha value is -3.58. The molecule has 0 fully saturated rings. The van der Waals surface area contributed by atoms with Crippen molar-refractivity contribution < 1.29 is 24.5 Å². The van der Waals surface area contributed by atoms with Gasteiger partial charge in [-0.3, -0.25) is 9.59 Å². The van der Waals surface area contributed by atoms with Crippen LogP contribution in [0.5, 0.6) is 11.5 Å². The molecule has 180 valence electrons. The number of aliphatic hydroxyl groups excluding tert-OH is 1. The minimum Gasteiger partial charge on any atom is -0.504 e. The van der Waals surface area contributed by atoms with Crippen LogP contribution in [0.4, 0.5) is 0 Å². The highest BCUT2D eigenvalue weighted by Crippen LogP contribution is 2.40. The Kier molecular flexibility index (Phi) is 8.49. The summed E-state index contributed by atoms with van der Waals surface area (Å²) in [6.45, 7) is 8.80. The van der Waals surface area contributed by atoms with Crippen molar-refractivity contribution in [2.24, 2.45) is 0 Å². The molecule has 1 unspecified atom stereocenters. The third-order valence-electron chi connectivity index (χ3n) is 5.95. The zero-order chi connectivity index (χ0) is 24.7. The van der Waals surface area contributed by atoms with Gasteiger partial charge in [-0.15, -0.1) is 0 Å². The third-order valence-corrected chi connectivity index (χ3v) is 5.95. The van der Waals surface area contributed by atoms with E-state index in [0.29, 0.717) is 25.3 Å². The number of nitrogens with zero attached hydrogens (tertiary/aromatic N) is 2. The second-order valence-electron chi connectivity index (χ2n) is 7.96. The average Bonchev–Trinajstić information content (AvgIpc) is 3.10. The van der Waals surface area contributed by atoms with E-state index in [-0.39, 0.29) is 17.1 Å². The maximum absolute atomic E-state index is 13.3. The van der Waals surface area contributed by atoms with Gasteiger partial charge in [-0.1, -0.05) is 56.3 Å². The van der Waals surface area contributed by atoms with Crippen LogP contribution in [-0.4, -0.2) is 64.5 Å². The van der Waals surface area contributed by atoms with Gasteiger partial charge in [0.1, 0.15) is 0 Å². The molecule has 1 heterocycles. The number of benzene rings is 2. The second-order valence-corrected chi connectivity index (χ2v) is 7.96. The van der Waals surface area contributed by atoms with Crippen molar-refractivity contribution in [3.63, 3.8) is 0 Å². The first-order chi connectivity index (χ1) is 16.4. The number of rotatable bonds is 11. The number of ether oxygens (including phenoxy) is 1. The predicted octanol–water partition coefficient (Wildman–Crippen LogP) is 4.11. The number of amides is 1. The van der Waals surface area contributed by atoms with Crippen LogP contribution in [0.3, 0.4) is 0 Å². The lowest BCUT2D eigenvalue weighted by atomic mass is 9.95. The Labute approximate surface area is 200 Å². The third kappa shape index (κ3) is 5.48. The molecule has 0 spiro atoms. The highest BCUT2D eigenvalue weighted by molar-refractivity contribution is 6.14.